The van der Waals surface area contributed by atoms with E-state index in [4.69, 9.17) is 14.2 Å². The first-order valence-electron chi connectivity index (χ1n) is 6.21. The van der Waals surface area contributed by atoms with Gasteiger partial charge in [0.1, 0.15) is 0 Å². The lowest BCUT2D eigenvalue weighted by atomic mass is 10.2. The molecule has 0 unspecified atom stereocenters. The van der Waals surface area contributed by atoms with Gasteiger partial charge in [-0.1, -0.05) is 6.08 Å². The smallest absolute Gasteiger partial charge is 0.304 e. The quantitative estimate of drug-likeness (QED) is 0.392. The molecule has 0 aromatic carbocycles. The van der Waals surface area contributed by atoms with E-state index in [-0.39, 0.29) is 6.54 Å². The zero-order chi connectivity index (χ0) is 16.2. The molecule has 1 rings (SSSR count). The third-order valence-corrected chi connectivity index (χ3v) is 2.62. The van der Waals surface area contributed by atoms with Crippen molar-refractivity contribution < 1.29 is 33.4 Å². The molecule has 3 atom stereocenters. The molecule has 0 aromatic heterocycles. The summed E-state index contributed by atoms with van der Waals surface area (Å²) in [5.74, 6) is -2.69. The number of hydrogen-bond donors (Lipinski definition) is 0. The van der Waals surface area contributed by atoms with Gasteiger partial charge in [0, 0.05) is 27.3 Å². The molecule has 116 valence electrons. The minimum Gasteiger partial charge on any atom is -0.452 e. The number of likely N-dealkylation sites (tertiary alicyclic amines) is 1. The maximum Gasteiger partial charge on any atom is 0.304 e. The Labute approximate surface area is 121 Å². The van der Waals surface area contributed by atoms with E-state index in [1.54, 1.807) is 0 Å². The molecule has 0 spiro atoms. The molecule has 8 heteroatoms. The van der Waals surface area contributed by atoms with Crippen molar-refractivity contribution in [1.82, 2.24) is 4.90 Å². The molecule has 1 aliphatic rings. The summed E-state index contributed by atoms with van der Waals surface area (Å²) in [7, 11) is 0. The summed E-state index contributed by atoms with van der Waals surface area (Å²) in [6, 6.07) is 0. The van der Waals surface area contributed by atoms with Crippen molar-refractivity contribution in [2.45, 2.75) is 39.2 Å². The number of ether oxygens (including phenoxy) is 3. The van der Waals surface area contributed by atoms with Crippen LogP contribution >= 0.6 is 0 Å². The lowest BCUT2D eigenvalue weighted by molar-refractivity contribution is -0.179. The van der Waals surface area contributed by atoms with Crippen LogP contribution in [0.1, 0.15) is 20.8 Å². The third kappa shape index (κ3) is 4.04. The Morgan fingerprint density at radius 1 is 1.10 bits per heavy atom. The van der Waals surface area contributed by atoms with Gasteiger partial charge in [0.25, 0.3) is 5.91 Å². The van der Waals surface area contributed by atoms with Crippen LogP contribution in [0.3, 0.4) is 0 Å². The largest absolute Gasteiger partial charge is 0.452 e. The Kier molecular flexibility index (Phi) is 5.45. The van der Waals surface area contributed by atoms with E-state index in [9.17, 15) is 19.2 Å². The summed E-state index contributed by atoms with van der Waals surface area (Å²) in [5.41, 5.74) is 0. The van der Waals surface area contributed by atoms with Gasteiger partial charge in [-0.2, -0.15) is 0 Å². The van der Waals surface area contributed by atoms with E-state index in [1.807, 2.05) is 0 Å². The molecule has 1 amide bonds. The van der Waals surface area contributed by atoms with Crippen LogP contribution in [0.2, 0.25) is 0 Å². The Morgan fingerprint density at radius 2 is 1.62 bits per heavy atom. The van der Waals surface area contributed by atoms with Crippen molar-refractivity contribution in [2.24, 2.45) is 0 Å². The second-order valence-electron chi connectivity index (χ2n) is 4.38. The molecule has 0 aliphatic carbocycles. The van der Waals surface area contributed by atoms with Crippen LogP contribution in [0.4, 0.5) is 0 Å². The average molecular weight is 299 g/mol. The van der Waals surface area contributed by atoms with Gasteiger partial charge in [0.15, 0.2) is 0 Å². The molecule has 0 radical (unpaired) electrons. The predicted molar refractivity (Wildman–Crippen MR) is 68.6 cm³/mol. The SMILES string of the molecule is C=CCN1C(=O)[C@@H](OC(C)=O)[C@H](OC(C)=O)[C@@H]1OC(C)=O. The van der Waals surface area contributed by atoms with Crippen molar-refractivity contribution in [3.8, 4) is 0 Å². The highest BCUT2D eigenvalue weighted by Gasteiger charge is 2.54. The Balaban J connectivity index is 3.13. The molecule has 1 aliphatic heterocycles. The molecular formula is C13H17NO7. The first kappa shape index (κ1) is 16.7. The van der Waals surface area contributed by atoms with Gasteiger partial charge >= 0.3 is 17.9 Å². The Bertz CT molecular complexity index is 473. The number of carbonyl (C=O) groups excluding carboxylic acids is 4. The zero-order valence-electron chi connectivity index (χ0n) is 12.0. The zero-order valence-corrected chi connectivity index (χ0v) is 12.0. The van der Waals surface area contributed by atoms with Gasteiger partial charge in [-0.3, -0.25) is 24.1 Å². The molecular weight excluding hydrogens is 282 g/mol. The number of amides is 1. The van der Waals surface area contributed by atoms with E-state index in [1.165, 1.54) is 6.08 Å². The second kappa shape index (κ2) is 6.87. The van der Waals surface area contributed by atoms with Crippen molar-refractivity contribution in [3.63, 3.8) is 0 Å². The van der Waals surface area contributed by atoms with Crippen LogP contribution in [0.5, 0.6) is 0 Å². The van der Waals surface area contributed by atoms with Crippen LogP contribution in [0.15, 0.2) is 12.7 Å². The highest BCUT2D eigenvalue weighted by molar-refractivity contribution is 5.87. The molecule has 1 fully saturated rings. The molecule has 0 N–H and O–H groups in total. The Morgan fingerprint density at radius 3 is 2.05 bits per heavy atom. The predicted octanol–water partition coefficient (Wildman–Crippen LogP) is -0.233. The monoisotopic (exact) mass is 299 g/mol. The summed E-state index contributed by atoms with van der Waals surface area (Å²) in [6.45, 7) is 6.95. The van der Waals surface area contributed by atoms with Crippen molar-refractivity contribution in [3.05, 3.63) is 12.7 Å². The standard InChI is InChI=1S/C13H17NO7/c1-5-6-14-12(18)10(19-7(2)15)11(20-8(3)16)13(14)21-9(4)17/h5,10-11,13H,1,6H2,2-4H3/t10-,11-,13-/m0/s1. The number of esters is 3. The number of nitrogens with zero attached hydrogens (tertiary/aromatic N) is 1. The molecule has 8 nitrogen and oxygen atoms in total. The van der Waals surface area contributed by atoms with Crippen LogP contribution in [0, 0.1) is 0 Å². The average Bonchev–Trinajstić information content (AvgIpc) is 2.55. The fraction of sp³-hybridized carbons (Fsp3) is 0.538. The number of carbonyl (C=O) groups is 4. The van der Waals surface area contributed by atoms with Gasteiger partial charge < -0.3 is 14.2 Å². The van der Waals surface area contributed by atoms with Crippen molar-refractivity contribution in [1.29, 1.82) is 0 Å². The van der Waals surface area contributed by atoms with Crippen LogP contribution in [-0.4, -0.2) is 53.7 Å². The van der Waals surface area contributed by atoms with E-state index < -0.39 is 42.3 Å². The first-order valence-corrected chi connectivity index (χ1v) is 6.21. The lowest BCUT2D eigenvalue weighted by Crippen LogP contribution is -2.42. The van der Waals surface area contributed by atoms with Crippen LogP contribution in [-0.2, 0) is 33.4 Å². The maximum absolute atomic E-state index is 12.2. The molecule has 1 heterocycles. The summed E-state index contributed by atoms with van der Waals surface area (Å²) in [5, 5.41) is 0. The summed E-state index contributed by atoms with van der Waals surface area (Å²) >= 11 is 0. The normalized spacial score (nSPS) is 24.4. The topological polar surface area (TPSA) is 99.2 Å². The summed E-state index contributed by atoms with van der Waals surface area (Å²) < 4.78 is 14.9. The highest BCUT2D eigenvalue weighted by atomic mass is 16.6. The first-order chi connectivity index (χ1) is 9.77. The van der Waals surface area contributed by atoms with Gasteiger partial charge in [0.05, 0.1) is 0 Å². The van der Waals surface area contributed by atoms with E-state index in [0.717, 1.165) is 25.7 Å². The van der Waals surface area contributed by atoms with Crippen LogP contribution in [0.25, 0.3) is 0 Å². The Hall–Kier alpha value is -2.38. The van der Waals surface area contributed by atoms with E-state index in [0.29, 0.717) is 0 Å². The lowest BCUT2D eigenvalue weighted by Gasteiger charge is -2.25. The number of rotatable bonds is 5. The molecule has 0 aromatic rings. The maximum atomic E-state index is 12.2. The van der Waals surface area contributed by atoms with E-state index in [2.05, 4.69) is 6.58 Å². The highest BCUT2D eigenvalue weighted by Crippen LogP contribution is 2.26. The fourth-order valence-corrected chi connectivity index (χ4v) is 2.00. The fourth-order valence-electron chi connectivity index (χ4n) is 2.00. The molecule has 1 saturated heterocycles. The van der Waals surface area contributed by atoms with Gasteiger partial charge in [-0.15, -0.1) is 6.58 Å². The number of hydrogen-bond acceptors (Lipinski definition) is 7. The summed E-state index contributed by atoms with van der Waals surface area (Å²) in [6.07, 6.45) is -2.32. The van der Waals surface area contributed by atoms with Crippen LogP contribution < -0.4 is 0 Å². The van der Waals surface area contributed by atoms with Crippen molar-refractivity contribution in [2.75, 3.05) is 6.54 Å². The van der Waals surface area contributed by atoms with E-state index >= 15 is 0 Å². The minimum absolute atomic E-state index is 0.0479. The molecule has 0 saturated carbocycles. The molecule has 21 heavy (non-hydrogen) atoms. The van der Waals surface area contributed by atoms with Gasteiger partial charge in [-0.05, 0) is 0 Å². The van der Waals surface area contributed by atoms with Gasteiger partial charge in [-0.25, -0.2) is 0 Å². The summed E-state index contributed by atoms with van der Waals surface area (Å²) in [4.78, 5) is 46.8. The minimum atomic E-state index is -1.35. The third-order valence-electron chi connectivity index (χ3n) is 2.62. The molecule has 0 bridgehead atoms. The van der Waals surface area contributed by atoms with Gasteiger partial charge in [0.2, 0.25) is 18.4 Å². The second-order valence-corrected chi connectivity index (χ2v) is 4.38. The van der Waals surface area contributed by atoms with Crippen molar-refractivity contribution >= 4 is 23.8 Å².